The highest BCUT2D eigenvalue weighted by molar-refractivity contribution is 7.89. The molecule has 0 saturated carbocycles. The Labute approximate surface area is 216 Å². The van der Waals surface area contributed by atoms with Crippen molar-refractivity contribution in [3.8, 4) is 5.75 Å². The van der Waals surface area contributed by atoms with Gasteiger partial charge in [0.05, 0.1) is 29.4 Å². The van der Waals surface area contributed by atoms with Gasteiger partial charge in [0.2, 0.25) is 10.0 Å². The fraction of sp³-hybridized carbons (Fsp3) is 0.462. The molecule has 10 heteroatoms. The number of fused-ring (bicyclic) bond motifs is 1. The minimum atomic E-state index is -3.61. The Balaban J connectivity index is 1.66. The monoisotopic (exact) mass is 531 g/mol. The topological polar surface area (TPSA) is 89.0 Å². The van der Waals surface area contributed by atoms with Crippen LogP contribution in [0.1, 0.15) is 48.5 Å². The summed E-state index contributed by atoms with van der Waals surface area (Å²) in [6.45, 7) is 5.53. The molecular weight excluding hydrogens is 498 g/mol. The number of hydrogen-bond acceptors (Lipinski definition) is 7. The maximum absolute atomic E-state index is 13.7. The third-order valence-electron chi connectivity index (χ3n) is 6.43. The quantitative estimate of drug-likeness (QED) is 0.371. The number of ether oxygens (including phenoxy) is 2. The van der Waals surface area contributed by atoms with Crippen LogP contribution in [0, 0.1) is 6.92 Å². The lowest BCUT2D eigenvalue weighted by atomic mass is 10.2. The summed E-state index contributed by atoms with van der Waals surface area (Å²) in [7, 11) is -0.425. The first-order chi connectivity index (χ1) is 17.3. The van der Waals surface area contributed by atoms with E-state index in [1.807, 2.05) is 26.0 Å². The summed E-state index contributed by atoms with van der Waals surface area (Å²) in [5.41, 5.74) is 2.17. The van der Waals surface area contributed by atoms with Gasteiger partial charge in [0, 0.05) is 25.8 Å². The van der Waals surface area contributed by atoms with Crippen LogP contribution in [0.5, 0.6) is 5.75 Å². The first-order valence-electron chi connectivity index (χ1n) is 12.2. The Morgan fingerprint density at radius 3 is 2.61 bits per heavy atom. The van der Waals surface area contributed by atoms with E-state index in [0.29, 0.717) is 36.1 Å². The normalized spacial score (nSPS) is 16.1. The zero-order valence-electron chi connectivity index (χ0n) is 21.2. The minimum Gasteiger partial charge on any atom is -0.494 e. The van der Waals surface area contributed by atoms with Crippen molar-refractivity contribution < 1.29 is 22.7 Å². The number of sulfonamides is 1. The number of anilines is 1. The van der Waals surface area contributed by atoms with Crippen molar-refractivity contribution in [3.05, 3.63) is 47.5 Å². The number of benzene rings is 2. The number of unbranched alkanes of at least 4 members (excludes halogenated alkanes) is 1. The lowest BCUT2D eigenvalue weighted by Gasteiger charge is -2.23. The molecule has 1 atom stereocenters. The predicted molar refractivity (Wildman–Crippen MR) is 143 cm³/mol. The van der Waals surface area contributed by atoms with Gasteiger partial charge in [-0.3, -0.25) is 9.69 Å². The van der Waals surface area contributed by atoms with Crippen LogP contribution in [0.3, 0.4) is 0 Å². The van der Waals surface area contributed by atoms with E-state index < -0.39 is 10.0 Å². The fourth-order valence-corrected chi connectivity index (χ4v) is 6.49. The summed E-state index contributed by atoms with van der Waals surface area (Å²) >= 11 is 1.44. The van der Waals surface area contributed by atoms with Gasteiger partial charge in [-0.1, -0.05) is 30.7 Å². The van der Waals surface area contributed by atoms with Gasteiger partial charge in [-0.2, -0.15) is 0 Å². The number of thiazole rings is 1. The fourth-order valence-electron chi connectivity index (χ4n) is 4.22. The van der Waals surface area contributed by atoms with E-state index >= 15 is 0 Å². The molecule has 1 aliphatic heterocycles. The molecule has 3 aromatic rings. The summed E-state index contributed by atoms with van der Waals surface area (Å²) in [6, 6.07) is 10.0. The molecule has 1 unspecified atom stereocenters. The molecule has 0 aliphatic carbocycles. The molecule has 8 nitrogen and oxygen atoms in total. The van der Waals surface area contributed by atoms with Crippen molar-refractivity contribution in [2.75, 3.05) is 38.8 Å². The zero-order chi connectivity index (χ0) is 25.9. The van der Waals surface area contributed by atoms with Crippen LogP contribution < -0.4 is 9.64 Å². The molecule has 1 aliphatic rings. The van der Waals surface area contributed by atoms with Crippen LogP contribution in [0.15, 0.2) is 41.3 Å². The molecule has 0 spiro atoms. The van der Waals surface area contributed by atoms with Gasteiger partial charge < -0.3 is 9.47 Å². The highest BCUT2D eigenvalue weighted by Gasteiger charge is 2.28. The van der Waals surface area contributed by atoms with Crippen molar-refractivity contribution in [2.45, 2.75) is 50.5 Å². The third kappa shape index (κ3) is 5.41. The van der Waals surface area contributed by atoms with Crippen molar-refractivity contribution in [1.29, 1.82) is 0 Å². The van der Waals surface area contributed by atoms with Gasteiger partial charge in [-0.25, -0.2) is 17.7 Å². The Hall–Kier alpha value is -2.53. The summed E-state index contributed by atoms with van der Waals surface area (Å²) < 4.78 is 39.4. The van der Waals surface area contributed by atoms with Gasteiger partial charge in [0.1, 0.15) is 11.3 Å². The lowest BCUT2D eigenvalue weighted by Crippen LogP contribution is -2.37. The van der Waals surface area contributed by atoms with E-state index in [4.69, 9.17) is 14.5 Å². The standard InChI is InChI=1S/C26H33N3O5S2/c1-5-6-15-28(3)36(31,32)21-12-10-19(11-13-21)25(30)29(17-20-8-7-16-34-20)26-27-23-22(33-4)14-9-18(2)24(23)35-26/h9-14,20H,5-8,15-17H2,1-4H3. The molecule has 1 fully saturated rings. The largest absolute Gasteiger partial charge is 0.494 e. The number of aromatic nitrogens is 1. The van der Waals surface area contributed by atoms with Gasteiger partial charge in [-0.05, 0) is 62.1 Å². The maximum Gasteiger partial charge on any atom is 0.260 e. The van der Waals surface area contributed by atoms with E-state index in [1.165, 1.54) is 27.8 Å². The van der Waals surface area contributed by atoms with Gasteiger partial charge >= 0.3 is 0 Å². The Morgan fingerprint density at radius 1 is 1.22 bits per heavy atom. The Bertz CT molecular complexity index is 1320. The van der Waals surface area contributed by atoms with Crippen LogP contribution in [0.4, 0.5) is 5.13 Å². The van der Waals surface area contributed by atoms with E-state index in [9.17, 15) is 13.2 Å². The molecule has 2 heterocycles. The summed E-state index contributed by atoms with van der Waals surface area (Å²) in [5, 5.41) is 0.564. The molecule has 36 heavy (non-hydrogen) atoms. The van der Waals surface area contributed by atoms with E-state index in [0.717, 1.165) is 41.5 Å². The average Bonchev–Trinajstić information content (AvgIpc) is 3.56. The molecule has 2 aromatic carbocycles. The van der Waals surface area contributed by atoms with Gasteiger partial charge in [0.25, 0.3) is 5.91 Å². The van der Waals surface area contributed by atoms with Crippen molar-refractivity contribution >= 4 is 42.6 Å². The SMILES string of the molecule is CCCCN(C)S(=O)(=O)c1ccc(C(=O)N(CC2CCCO2)c2nc3c(OC)ccc(C)c3s2)cc1. The Kier molecular flexibility index (Phi) is 8.29. The summed E-state index contributed by atoms with van der Waals surface area (Å²) in [4.78, 5) is 20.3. The number of rotatable bonds is 10. The first kappa shape index (κ1) is 26.5. The maximum atomic E-state index is 13.7. The number of aryl methyl sites for hydroxylation is 1. The molecule has 1 amide bonds. The van der Waals surface area contributed by atoms with E-state index in [1.54, 1.807) is 31.2 Å². The predicted octanol–water partition coefficient (Wildman–Crippen LogP) is 4.86. The third-order valence-corrected chi connectivity index (χ3v) is 9.52. The van der Waals surface area contributed by atoms with Crippen molar-refractivity contribution in [3.63, 3.8) is 0 Å². The van der Waals surface area contributed by atoms with Crippen molar-refractivity contribution in [1.82, 2.24) is 9.29 Å². The minimum absolute atomic E-state index is 0.0733. The molecule has 1 aromatic heterocycles. The molecule has 0 N–H and O–H groups in total. The van der Waals surface area contributed by atoms with Crippen LogP contribution in [0.2, 0.25) is 0 Å². The molecule has 1 saturated heterocycles. The highest BCUT2D eigenvalue weighted by Crippen LogP contribution is 2.37. The summed E-state index contributed by atoms with van der Waals surface area (Å²) in [5.74, 6) is 0.411. The Morgan fingerprint density at radius 2 is 1.97 bits per heavy atom. The van der Waals surface area contributed by atoms with E-state index in [2.05, 4.69) is 0 Å². The highest BCUT2D eigenvalue weighted by atomic mass is 32.2. The molecular formula is C26H33N3O5S2. The molecule has 194 valence electrons. The molecule has 0 radical (unpaired) electrons. The molecule has 0 bridgehead atoms. The van der Waals surface area contributed by atoms with Gasteiger partial charge in [-0.15, -0.1) is 0 Å². The van der Waals surface area contributed by atoms with Crippen LogP contribution in [-0.2, 0) is 14.8 Å². The average molecular weight is 532 g/mol. The van der Waals surface area contributed by atoms with Crippen molar-refractivity contribution in [2.24, 2.45) is 0 Å². The number of methoxy groups -OCH3 is 1. The number of hydrogen-bond donors (Lipinski definition) is 0. The van der Waals surface area contributed by atoms with Crippen LogP contribution in [0.25, 0.3) is 10.2 Å². The van der Waals surface area contributed by atoms with Crippen LogP contribution in [-0.4, -0.2) is 63.6 Å². The first-order valence-corrected chi connectivity index (χ1v) is 14.5. The van der Waals surface area contributed by atoms with E-state index in [-0.39, 0.29) is 16.9 Å². The second kappa shape index (κ2) is 11.2. The lowest BCUT2D eigenvalue weighted by molar-refractivity contribution is 0.0917. The second-order valence-corrected chi connectivity index (χ2v) is 12.0. The number of carbonyl (C=O) groups excluding carboxylic acids is 1. The second-order valence-electron chi connectivity index (χ2n) is 9.01. The van der Waals surface area contributed by atoms with Crippen LogP contribution >= 0.6 is 11.3 Å². The zero-order valence-corrected chi connectivity index (χ0v) is 22.8. The smallest absolute Gasteiger partial charge is 0.260 e. The number of carbonyl (C=O) groups is 1. The summed E-state index contributed by atoms with van der Waals surface area (Å²) in [6.07, 6.45) is 3.45. The number of nitrogens with zero attached hydrogens (tertiary/aromatic N) is 3. The molecule has 4 rings (SSSR count). The van der Waals surface area contributed by atoms with Gasteiger partial charge in [0.15, 0.2) is 5.13 Å². The number of amides is 1.